The number of thioether (sulfide) groups is 1. The van der Waals surface area contributed by atoms with Crippen molar-refractivity contribution in [1.82, 2.24) is 15.1 Å². The summed E-state index contributed by atoms with van der Waals surface area (Å²) in [6.45, 7) is 4.32. The molecule has 6 heteroatoms. The van der Waals surface area contributed by atoms with Crippen LogP contribution in [0.2, 0.25) is 0 Å². The number of fused-ring (bicyclic) bond motifs is 1. The van der Waals surface area contributed by atoms with E-state index in [0.29, 0.717) is 24.7 Å². The van der Waals surface area contributed by atoms with Gasteiger partial charge in [-0.3, -0.25) is 4.79 Å². The first kappa shape index (κ1) is 12.3. The van der Waals surface area contributed by atoms with Crippen molar-refractivity contribution in [2.45, 2.75) is 19.9 Å². The molecular weight excluding hydrogens is 238 g/mol. The normalized spacial score (nSPS) is 13.9. The molecule has 0 atom stereocenters. The Morgan fingerprint density at radius 3 is 3.35 bits per heavy atom. The molecule has 0 bridgehead atoms. The number of nitrogens with one attached hydrogen (secondary N) is 1. The Bertz CT molecular complexity index is 369. The van der Waals surface area contributed by atoms with Crippen molar-refractivity contribution in [3.05, 3.63) is 11.8 Å². The van der Waals surface area contributed by atoms with Gasteiger partial charge < -0.3 is 10.1 Å². The zero-order valence-electron chi connectivity index (χ0n) is 9.94. The molecule has 0 spiro atoms. The third-order valence-corrected chi connectivity index (χ3v) is 3.38. The maximum atomic E-state index is 11.8. The lowest BCUT2D eigenvalue weighted by Gasteiger charge is -2.13. The first-order valence-electron chi connectivity index (χ1n) is 5.88. The minimum Gasteiger partial charge on any atom is -0.478 e. The first-order valence-corrected chi connectivity index (χ1v) is 7.03. The van der Waals surface area contributed by atoms with Gasteiger partial charge in [0, 0.05) is 31.3 Å². The number of amides is 1. The van der Waals surface area contributed by atoms with Crippen LogP contribution < -0.4 is 10.1 Å². The van der Waals surface area contributed by atoms with Gasteiger partial charge in [0.05, 0.1) is 6.61 Å². The van der Waals surface area contributed by atoms with Crippen molar-refractivity contribution in [2.75, 3.05) is 24.7 Å². The Balaban J connectivity index is 1.88. The van der Waals surface area contributed by atoms with Crippen LogP contribution in [-0.2, 0) is 6.54 Å². The lowest BCUT2D eigenvalue weighted by atomic mass is 10.4. The Hall–Kier alpha value is -1.17. The Morgan fingerprint density at radius 1 is 1.71 bits per heavy atom. The fraction of sp³-hybridized carbons (Fsp3) is 0.636. The van der Waals surface area contributed by atoms with Crippen molar-refractivity contribution in [2.24, 2.45) is 0 Å². The lowest BCUT2D eigenvalue weighted by Crippen LogP contribution is -2.26. The molecular formula is C11H17N3O2S. The molecule has 17 heavy (non-hydrogen) atoms. The van der Waals surface area contributed by atoms with E-state index in [9.17, 15) is 4.79 Å². The summed E-state index contributed by atoms with van der Waals surface area (Å²) in [6, 6.07) is 1.71. The fourth-order valence-corrected chi connectivity index (χ4v) is 2.18. The van der Waals surface area contributed by atoms with Crippen LogP contribution in [0, 0.1) is 0 Å². The summed E-state index contributed by atoms with van der Waals surface area (Å²) in [6.07, 6.45) is 0.947. The van der Waals surface area contributed by atoms with Gasteiger partial charge in [-0.05, 0) is 5.75 Å². The molecule has 5 nitrogen and oxygen atoms in total. The molecule has 0 saturated carbocycles. The van der Waals surface area contributed by atoms with Crippen LogP contribution in [0.25, 0.3) is 0 Å². The molecule has 2 heterocycles. The Kier molecular flexibility index (Phi) is 4.30. The van der Waals surface area contributed by atoms with E-state index in [4.69, 9.17) is 4.74 Å². The highest BCUT2D eigenvalue weighted by Gasteiger charge is 2.17. The van der Waals surface area contributed by atoms with E-state index in [-0.39, 0.29) is 5.91 Å². The predicted molar refractivity (Wildman–Crippen MR) is 67.7 cm³/mol. The molecule has 0 fully saturated rings. The van der Waals surface area contributed by atoms with Crippen LogP contribution in [0.1, 0.15) is 23.8 Å². The molecule has 1 aromatic heterocycles. The molecule has 1 aliphatic heterocycles. The second-order valence-electron chi connectivity index (χ2n) is 3.75. The average Bonchev–Trinajstić information content (AvgIpc) is 2.78. The van der Waals surface area contributed by atoms with E-state index in [1.165, 1.54) is 0 Å². The molecule has 1 amide bonds. The van der Waals surface area contributed by atoms with Crippen LogP contribution in [-0.4, -0.2) is 40.3 Å². The van der Waals surface area contributed by atoms with E-state index in [1.807, 2.05) is 11.8 Å². The molecule has 0 aliphatic carbocycles. The van der Waals surface area contributed by atoms with Gasteiger partial charge in [-0.15, -0.1) is 0 Å². The predicted octanol–water partition coefficient (Wildman–Crippen LogP) is 1.15. The smallest absolute Gasteiger partial charge is 0.271 e. The van der Waals surface area contributed by atoms with Gasteiger partial charge in [-0.2, -0.15) is 16.9 Å². The van der Waals surface area contributed by atoms with Gasteiger partial charge in [0.2, 0.25) is 5.88 Å². The summed E-state index contributed by atoms with van der Waals surface area (Å²) in [5.74, 6) is 2.59. The quantitative estimate of drug-likeness (QED) is 0.802. The van der Waals surface area contributed by atoms with E-state index in [0.717, 1.165) is 24.5 Å². The third kappa shape index (κ3) is 3.15. The zero-order valence-corrected chi connectivity index (χ0v) is 10.8. The van der Waals surface area contributed by atoms with Gasteiger partial charge >= 0.3 is 0 Å². The van der Waals surface area contributed by atoms with Crippen LogP contribution in [0.5, 0.6) is 5.88 Å². The second-order valence-corrected chi connectivity index (χ2v) is 5.14. The number of rotatable bonds is 5. The van der Waals surface area contributed by atoms with Crippen molar-refractivity contribution in [3.8, 4) is 5.88 Å². The van der Waals surface area contributed by atoms with Gasteiger partial charge in [-0.25, -0.2) is 4.68 Å². The monoisotopic (exact) mass is 255 g/mol. The first-order chi connectivity index (χ1) is 8.31. The summed E-state index contributed by atoms with van der Waals surface area (Å²) in [5, 5.41) is 7.07. The Morgan fingerprint density at radius 2 is 2.59 bits per heavy atom. The number of carbonyl (C=O) groups excluding carboxylic acids is 1. The summed E-state index contributed by atoms with van der Waals surface area (Å²) >= 11 is 1.81. The van der Waals surface area contributed by atoms with Gasteiger partial charge in [-0.1, -0.05) is 6.92 Å². The van der Waals surface area contributed by atoms with Crippen molar-refractivity contribution >= 4 is 17.7 Å². The van der Waals surface area contributed by atoms with Crippen molar-refractivity contribution in [3.63, 3.8) is 0 Å². The highest BCUT2D eigenvalue weighted by molar-refractivity contribution is 7.99. The van der Waals surface area contributed by atoms with Crippen LogP contribution in [0.15, 0.2) is 6.07 Å². The third-order valence-electron chi connectivity index (χ3n) is 2.48. The highest BCUT2D eigenvalue weighted by Crippen LogP contribution is 2.18. The molecule has 94 valence electrons. The largest absolute Gasteiger partial charge is 0.478 e. The van der Waals surface area contributed by atoms with E-state index in [1.54, 1.807) is 10.7 Å². The summed E-state index contributed by atoms with van der Waals surface area (Å²) in [7, 11) is 0. The molecule has 1 aliphatic rings. The number of hydrogen-bond donors (Lipinski definition) is 1. The minimum absolute atomic E-state index is 0.118. The van der Waals surface area contributed by atoms with Gasteiger partial charge in [0.1, 0.15) is 0 Å². The van der Waals surface area contributed by atoms with E-state index >= 15 is 0 Å². The maximum Gasteiger partial charge on any atom is 0.271 e. The van der Waals surface area contributed by atoms with Crippen molar-refractivity contribution < 1.29 is 9.53 Å². The number of nitrogens with zero attached hydrogens (tertiary/aromatic N) is 2. The summed E-state index contributed by atoms with van der Waals surface area (Å²) < 4.78 is 7.16. The van der Waals surface area contributed by atoms with Crippen molar-refractivity contribution in [1.29, 1.82) is 0 Å². The minimum atomic E-state index is -0.118. The topological polar surface area (TPSA) is 56.2 Å². The van der Waals surface area contributed by atoms with Crippen LogP contribution in [0.3, 0.4) is 0 Å². The SMILES string of the molecule is CCSCCNC(=O)c1cc2n(n1)CCCO2. The zero-order chi connectivity index (χ0) is 12.1. The molecule has 0 saturated heterocycles. The van der Waals surface area contributed by atoms with Gasteiger partial charge in [0.15, 0.2) is 5.69 Å². The molecule has 2 rings (SSSR count). The average molecular weight is 255 g/mol. The fourth-order valence-electron chi connectivity index (χ4n) is 1.65. The molecule has 1 N–H and O–H groups in total. The number of hydrogen-bond acceptors (Lipinski definition) is 4. The number of carbonyl (C=O) groups is 1. The molecule has 0 unspecified atom stereocenters. The van der Waals surface area contributed by atoms with Gasteiger partial charge in [0.25, 0.3) is 5.91 Å². The van der Waals surface area contributed by atoms with Crippen LogP contribution in [0.4, 0.5) is 0 Å². The lowest BCUT2D eigenvalue weighted by molar-refractivity contribution is 0.0950. The second kappa shape index (κ2) is 5.95. The number of aryl methyl sites for hydroxylation is 1. The molecule has 0 radical (unpaired) electrons. The summed E-state index contributed by atoms with van der Waals surface area (Å²) in [5.41, 5.74) is 0.448. The number of ether oxygens (including phenoxy) is 1. The standard InChI is InChI=1S/C11H17N3O2S/c1-2-17-7-4-12-11(15)9-8-10-14(13-9)5-3-6-16-10/h8H,2-7H2,1H3,(H,12,15). The maximum absolute atomic E-state index is 11.8. The molecule has 1 aromatic rings. The summed E-state index contributed by atoms with van der Waals surface area (Å²) in [4.78, 5) is 11.8. The van der Waals surface area contributed by atoms with E-state index < -0.39 is 0 Å². The Labute approximate surface area is 105 Å². The van der Waals surface area contributed by atoms with E-state index in [2.05, 4.69) is 17.3 Å². The number of aromatic nitrogens is 2. The molecule has 0 aromatic carbocycles. The van der Waals surface area contributed by atoms with Crippen LogP contribution >= 0.6 is 11.8 Å². The highest BCUT2D eigenvalue weighted by atomic mass is 32.2.